The van der Waals surface area contributed by atoms with Crippen LogP contribution in [0.15, 0.2) is 18.5 Å². The summed E-state index contributed by atoms with van der Waals surface area (Å²) >= 11 is 10.1. The van der Waals surface area contributed by atoms with Crippen molar-refractivity contribution in [2.45, 2.75) is 29.9 Å². The molecule has 1 saturated heterocycles. The van der Waals surface area contributed by atoms with Crippen molar-refractivity contribution >= 4 is 35.1 Å². The van der Waals surface area contributed by atoms with Crippen molar-refractivity contribution in [3.05, 3.63) is 29.0 Å². The Bertz CT molecular complexity index is 375. The van der Waals surface area contributed by atoms with Crippen LogP contribution in [0.25, 0.3) is 0 Å². The zero-order valence-corrected chi connectivity index (χ0v) is 12.2. The number of halogens is 1. The Hall–Kier alpha value is 0.1000. The number of hydrogen-bond donors (Lipinski definition) is 1. The fraction of sp³-hybridized carbons (Fsp3) is 0.583. The minimum absolute atomic E-state index is 0.169. The quantitative estimate of drug-likeness (QED) is 0.928. The van der Waals surface area contributed by atoms with Gasteiger partial charge >= 0.3 is 0 Å². The molecule has 94 valence electrons. The van der Waals surface area contributed by atoms with Crippen LogP contribution in [0.4, 0.5) is 0 Å². The highest BCUT2D eigenvalue weighted by molar-refractivity contribution is 8.07. The van der Waals surface area contributed by atoms with Gasteiger partial charge in [-0.25, -0.2) is 0 Å². The molecule has 1 aliphatic rings. The number of hydrogen-bond acceptors (Lipinski definition) is 4. The van der Waals surface area contributed by atoms with Crippen molar-refractivity contribution in [3.63, 3.8) is 0 Å². The van der Waals surface area contributed by atoms with Gasteiger partial charge in [-0.15, -0.1) is 0 Å². The van der Waals surface area contributed by atoms with E-state index in [0.717, 1.165) is 17.0 Å². The topological polar surface area (TPSA) is 38.9 Å². The second-order valence-corrected chi connectivity index (χ2v) is 7.42. The molecule has 2 rings (SSSR count). The highest BCUT2D eigenvalue weighted by Crippen LogP contribution is 2.33. The number of aromatic nitrogens is 1. The van der Waals surface area contributed by atoms with Gasteiger partial charge in [0.05, 0.1) is 5.02 Å². The predicted octanol–water partition coefficient (Wildman–Crippen LogP) is 2.84. The minimum Gasteiger partial charge on any atom is -0.326 e. The molecule has 2 nitrogen and oxygen atoms in total. The van der Waals surface area contributed by atoms with E-state index in [1.165, 1.54) is 11.5 Å². The second-order valence-electron chi connectivity index (χ2n) is 4.25. The van der Waals surface area contributed by atoms with Crippen molar-refractivity contribution in [1.29, 1.82) is 0 Å². The zero-order valence-electron chi connectivity index (χ0n) is 9.80. The molecule has 2 N–H and O–H groups in total. The van der Waals surface area contributed by atoms with Gasteiger partial charge in [0.25, 0.3) is 0 Å². The van der Waals surface area contributed by atoms with Gasteiger partial charge in [-0.1, -0.05) is 18.5 Å². The van der Waals surface area contributed by atoms with Gasteiger partial charge < -0.3 is 5.73 Å². The van der Waals surface area contributed by atoms with Crippen LogP contribution < -0.4 is 5.73 Å². The molecule has 1 aromatic rings. The van der Waals surface area contributed by atoms with Gasteiger partial charge in [-0.3, -0.25) is 4.98 Å². The second kappa shape index (κ2) is 6.32. The lowest BCUT2D eigenvalue weighted by Gasteiger charge is -2.32. The first-order valence-electron chi connectivity index (χ1n) is 5.75. The normalized spacial score (nSPS) is 26.8. The van der Waals surface area contributed by atoms with E-state index in [1.54, 1.807) is 12.4 Å². The molecule has 0 radical (unpaired) electrons. The third-order valence-electron chi connectivity index (χ3n) is 2.97. The fourth-order valence-electron chi connectivity index (χ4n) is 2.06. The number of rotatable bonds is 3. The molecule has 0 amide bonds. The predicted molar refractivity (Wildman–Crippen MR) is 79.1 cm³/mol. The molecule has 1 fully saturated rings. The van der Waals surface area contributed by atoms with E-state index in [2.05, 4.69) is 11.9 Å². The zero-order chi connectivity index (χ0) is 12.3. The molecule has 5 heteroatoms. The van der Waals surface area contributed by atoms with Crippen LogP contribution in [-0.4, -0.2) is 33.0 Å². The molecule has 17 heavy (non-hydrogen) atoms. The summed E-state index contributed by atoms with van der Waals surface area (Å²) in [5.41, 5.74) is 7.44. The summed E-state index contributed by atoms with van der Waals surface area (Å²) in [5.74, 6) is 2.45. The molecule has 0 aromatic carbocycles. The van der Waals surface area contributed by atoms with Crippen LogP contribution in [0.2, 0.25) is 5.02 Å². The Morgan fingerprint density at radius 2 is 2.29 bits per heavy atom. The number of thioether (sulfide) groups is 2. The third-order valence-corrected chi connectivity index (χ3v) is 6.58. The molecule has 0 spiro atoms. The molecule has 3 atom stereocenters. The van der Waals surface area contributed by atoms with E-state index >= 15 is 0 Å². The van der Waals surface area contributed by atoms with Gasteiger partial charge in [0.1, 0.15) is 0 Å². The van der Waals surface area contributed by atoms with E-state index in [1.807, 2.05) is 29.6 Å². The maximum atomic E-state index is 6.33. The van der Waals surface area contributed by atoms with Gasteiger partial charge in [-0.05, 0) is 18.1 Å². The van der Waals surface area contributed by atoms with Gasteiger partial charge in [0, 0.05) is 40.4 Å². The standard InChI is InChI=1S/C12H17ClN2S2/c1-8-12(17-5-4-16-8)11(14)6-9-2-3-15-7-10(9)13/h2-3,7-8,11-12H,4-6,14H2,1H3. The highest BCUT2D eigenvalue weighted by Gasteiger charge is 2.28. The first-order chi connectivity index (χ1) is 8.18. The van der Waals surface area contributed by atoms with E-state index < -0.39 is 0 Å². The monoisotopic (exact) mass is 288 g/mol. The maximum absolute atomic E-state index is 6.33. The van der Waals surface area contributed by atoms with Crippen molar-refractivity contribution in [2.24, 2.45) is 5.73 Å². The first-order valence-corrected chi connectivity index (χ1v) is 8.23. The van der Waals surface area contributed by atoms with E-state index in [9.17, 15) is 0 Å². The van der Waals surface area contributed by atoms with Crippen LogP contribution in [0.3, 0.4) is 0 Å². The highest BCUT2D eigenvalue weighted by atomic mass is 35.5. The molecule has 3 unspecified atom stereocenters. The molecule has 0 bridgehead atoms. The number of pyridine rings is 1. The molecule has 1 aliphatic heterocycles. The molecule has 0 saturated carbocycles. The summed E-state index contributed by atoms with van der Waals surface area (Å²) < 4.78 is 0. The summed E-state index contributed by atoms with van der Waals surface area (Å²) in [6.45, 7) is 2.27. The fourth-order valence-corrected chi connectivity index (χ4v) is 5.15. The third kappa shape index (κ3) is 3.53. The van der Waals surface area contributed by atoms with Gasteiger partial charge in [0.15, 0.2) is 0 Å². The lowest BCUT2D eigenvalue weighted by Crippen LogP contribution is -2.42. The van der Waals surface area contributed by atoms with E-state index in [4.69, 9.17) is 17.3 Å². The Balaban J connectivity index is 2.01. The molecular formula is C12H17ClN2S2. The smallest absolute Gasteiger partial charge is 0.0621 e. The van der Waals surface area contributed by atoms with Gasteiger partial charge in [-0.2, -0.15) is 23.5 Å². The summed E-state index contributed by atoms with van der Waals surface area (Å²) in [6, 6.07) is 2.13. The molecular weight excluding hydrogens is 272 g/mol. The van der Waals surface area contributed by atoms with Gasteiger partial charge in [0.2, 0.25) is 0 Å². The maximum Gasteiger partial charge on any atom is 0.0621 e. The van der Waals surface area contributed by atoms with Crippen molar-refractivity contribution in [1.82, 2.24) is 4.98 Å². The Morgan fingerprint density at radius 3 is 3.00 bits per heavy atom. The number of nitrogens with two attached hydrogens (primary N) is 1. The Labute approximate surface area is 116 Å². The van der Waals surface area contributed by atoms with E-state index in [-0.39, 0.29) is 6.04 Å². The average molecular weight is 289 g/mol. The minimum atomic E-state index is 0.169. The molecule has 2 heterocycles. The van der Waals surface area contributed by atoms with Crippen molar-refractivity contribution < 1.29 is 0 Å². The summed E-state index contributed by atoms with van der Waals surface area (Å²) in [6.07, 6.45) is 4.31. The Morgan fingerprint density at radius 1 is 1.53 bits per heavy atom. The number of nitrogens with zero attached hydrogens (tertiary/aromatic N) is 1. The van der Waals surface area contributed by atoms with Crippen LogP contribution >= 0.6 is 35.1 Å². The van der Waals surface area contributed by atoms with Crippen LogP contribution in [0.1, 0.15) is 12.5 Å². The summed E-state index contributed by atoms with van der Waals surface area (Å²) in [7, 11) is 0. The molecule has 0 aliphatic carbocycles. The van der Waals surface area contributed by atoms with Crippen LogP contribution in [0, 0.1) is 0 Å². The van der Waals surface area contributed by atoms with Crippen molar-refractivity contribution in [3.8, 4) is 0 Å². The lowest BCUT2D eigenvalue weighted by molar-refractivity contribution is 0.622. The Kier molecular flexibility index (Phi) is 5.03. The van der Waals surface area contributed by atoms with Crippen LogP contribution in [0.5, 0.6) is 0 Å². The van der Waals surface area contributed by atoms with E-state index in [0.29, 0.717) is 10.5 Å². The SMILES string of the molecule is CC1SCCSC1C(N)Cc1ccncc1Cl. The lowest BCUT2D eigenvalue weighted by atomic mass is 10.0. The largest absolute Gasteiger partial charge is 0.326 e. The summed E-state index contributed by atoms with van der Waals surface area (Å²) in [5, 5.41) is 1.88. The molecule has 1 aromatic heterocycles. The summed E-state index contributed by atoms with van der Waals surface area (Å²) in [4.78, 5) is 4.00. The van der Waals surface area contributed by atoms with Crippen LogP contribution in [-0.2, 0) is 6.42 Å². The average Bonchev–Trinajstić information content (AvgIpc) is 2.32. The van der Waals surface area contributed by atoms with Crippen molar-refractivity contribution in [2.75, 3.05) is 11.5 Å². The first kappa shape index (κ1) is 13.5.